The van der Waals surface area contributed by atoms with E-state index in [4.69, 9.17) is 9.57 Å². The van der Waals surface area contributed by atoms with E-state index in [9.17, 15) is 4.79 Å². The van der Waals surface area contributed by atoms with E-state index < -0.39 is 0 Å². The minimum Gasteiger partial charge on any atom is -0.381 e. The van der Waals surface area contributed by atoms with Crippen molar-refractivity contribution in [2.45, 2.75) is 19.8 Å². The molecule has 4 heteroatoms. The monoisotopic (exact) mass is 173 g/mol. The van der Waals surface area contributed by atoms with Crippen molar-refractivity contribution in [2.75, 3.05) is 19.8 Å². The Hall–Kier alpha value is -0.610. The predicted octanol–water partition coefficient (Wildman–Crippen LogP) is 0.481. The molecular weight excluding hydrogens is 158 g/mol. The summed E-state index contributed by atoms with van der Waals surface area (Å²) in [5.74, 6) is 0.382. The van der Waals surface area contributed by atoms with Crippen molar-refractivity contribution < 1.29 is 14.4 Å². The van der Waals surface area contributed by atoms with Crippen molar-refractivity contribution in [3.63, 3.8) is 0 Å². The maximum atomic E-state index is 10.4. The van der Waals surface area contributed by atoms with Crippen LogP contribution in [0.25, 0.3) is 0 Å². The van der Waals surface area contributed by atoms with Crippen molar-refractivity contribution in [1.29, 1.82) is 0 Å². The molecule has 1 amide bonds. The molecule has 0 spiro atoms. The van der Waals surface area contributed by atoms with Gasteiger partial charge in [-0.05, 0) is 18.8 Å². The molecule has 0 saturated carbocycles. The van der Waals surface area contributed by atoms with Gasteiger partial charge < -0.3 is 4.74 Å². The van der Waals surface area contributed by atoms with Gasteiger partial charge in [-0.1, -0.05) is 0 Å². The number of carbonyl (C=O) groups is 1. The van der Waals surface area contributed by atoms with Crippen LogP contribution in [-0.2, 0) is 14.4 Å². The molecule has 1 N–H and O–H groups in total. The number of carbonyl (C=O) groups excluding carboxylic acids is 1. The van der Waals surface area contributed by atoms with Gasteiger partial charge >= 0.3 is 0 Å². The van der Waals surface area contributed by atoms with Crippen molar-refractivity contribution in [2.24, 2.45) is 5.92 Å². The molecule has 0 radical (unpaired) electrons. The zero-order valence-corrected chi connectivity index (χ0v) is 7.34. The Bertz CT molecular complexity index is 143. The molecule has 0 atom stereocenters. The summed E-state index contributed by atoms with van der Waals surface area (Å²) in [7, 11) is 0. The second-order valence-electron chi connectivity index (χ2n) is 3.03. The summed E-state index contributed by atoms with van der Waals surface area (Å²) in [6.45, 7) is 3.66. The highest BCUT2D eigenvalue weighted by molar-refractivity contribution is 5.71. The topological polar surface area (TPSA) is 47.6 Å². The van der Waals surface area contributed by atoms with Crippen LogP contribution in [0, 0.1) is 5.92 Å². The fraction of sp³-hybridized carbons (Fsp3) is 0.875. The second kappa shape index (κ2) is 5.11. The molecule has 70 valence electrons. The van der Waals surface area contributed by atoms with Crippen LogP contribution < -0.4 is 5.48 Å². The van der Waals surface area contributed by atoms with E-state index in [-0.39, 0.29) is 5.91 Å². The SMILES string of the molecule is CC(=O)NOCC1CCOCC1. The lowest BCUT2D eigenvalue weighted by atomic mass is 10.0. The number of amides is 1. The quantitative estimate of drug-likeness (QED) is 0.631. The summed E-state index contributed by atoms with van der Waals surface area (Å²) in [5, 5.41) is 0. The normalized spacial score (nSPS) is 19.1. The third kappa shape index (κ3) is 3.69. The Morgan fingerprint density at radius 2 is 2.25 bits per heavy atom. The van der Waals surface area contributed by atoms with Gasteiger partial charge in [0.1, 0.15) is 0 Å². The predicted molar refractivity (Wildman–Crippen MR) is 43.3 cm³/mol. The first kappa shape index (κ1) is 9.48. The molecule has 0 aliphatic carbocycles. The van der Waals surface area contributed by atoms with E-state index in [1.165, 1.54) is 6.92 Å². The van der Waals surface area contributed by atoms with E-state index in [1.54, 1.807) is 0 Å². The van der Waals surface area contributed by atoms with E-state index in [0.29, 0.717) is 12.5 Å². The third-order valence-electron chi connectivity index (χ3n) is 1.88. The molecule has 0 unspecified atom stereocenters. The van der Waals surface area contributed by atoms with Gasteiger partial charge in [-0.3, -0.25) is 9.63 Å². The average molecular weight is 173 g/mol. The third-order valence-corrected chi connectivity index (χ3v) is 1.88. The van der Waals surface area contributed by atoms with Crippen LogP contribution in [0.15, 0.2) is 0 Å². The first-order chi connectivity index (χ1) is 5.79. The number of nitrogens with one attached hydrogen (secondary N) is 1. The van der Waals surface area contributed by atoms with Crippen LogP contribution in [0.4, 0.5) is 0 Å². The largest absolute Gasteiger partial charge is 0.381 e. The number of hydrogen-bond acceptors (Lipinski definition) is 3. The summed E-state index contributed by atoms with van der Waals surface area (Å²) in [5.41, 5.74) is 2.31. The van der Waals surface area contributed by atoms with E-state index in [1.807, 2.05) is 0 Å². The second-order valence-corrected chi connectivity index (χ2v) is 3.03. The summed E-state index contributed by atoms with van der Waals surface area (Å²) in [6.07, 6.45) is 2.05. The first-order valence-corrected chi connectivity index (χ1v) is 4.25. The molecule has 4 nitrogen and oxygen atoms in total. The van der Waals surface area contributed by atoms with Crippen molar-refractivity contribution in [3.8, 4) is 0 Å². The number of rotatable bonds is 3. The Kier molecular flexibility index (Phi) is 4.04. The lowest BCUT2D eigenvalue weighted by molar-refractivity contribution is -0.133. The maximum Gasteiger partial charge on any atom is 0.240 e. The Morgan fingerprint density at radius 1 is 1.58 bits per heavy atom. The highest BCUT2D eigenvalue weighted by atomic mass is 16.6. The van der Waals surface area contributed by atoms with E-state index in [2.05, 4.69) is 5.48 Å². The lowest BCUT2D eigenvalue weighted by Crippen LogP contribution is -2.27. The summed E-state index contributed by atoms with van der Waals surface area (Å²) in [6, 6.07) is 0. The highest BCUT2D eigenvalue weighted by Gasteiger charge is 2.13. The van der Waals surface area contributed by atoms with Gasteiger partial charge in [-0.15, -0.1) is 0 Å². The van der Waals surface area contributed by atoms with Crippen LogP contribution in [0.5, 0.6) is 0 Å². The van der Waals surface area contributed by atoms with Gasteiger partial charge in [0.2, 0.25) is 5.91 Å². The van der Waals surface area contributed by atoms with Crippen LogP contribution in [0.3, 0.4) is 0 Å². The van der Waals surface area contributed by atoms with Crippen molar-refractivity contribution >= 4 is 5.91 Å². The minimum atomic E-state index is -0.151. The molecule has 12 heavy (non-hydrogen) atoms. The lowest BCUT2D eigenvalue weighted by Gasteiger charge is -2.21. The molecule has 1 aliphatic rings. The first-order valence-electron chi connectivity index (χ1n) is 4.25. The van der Waals surface area contributed by atoms with E-state index >= 15 is 0 Å². The standard InChI is InChI=1S/C8H15NO3/c1-7(10)9-12-6-8-2-4-11-5-3-8/h8H,2-6H2,1H3,(H,9,10). The fourth-order valence-electron chi connectivity index (χ4n) is 1.17. The average Bonchev–Trinajstić information content (AvgIpc) is 2.05. The molecule has 1 rings (SSSR count). The summed E-state index contributed by atoms with van der Waals surface area (Å²) >= 11 is 0. The molecular formula is C8H15NO3. The summed E-state index contributed by atoms with van der Waals surface area (Å²) in [4.78, 5) is 15.4. The van der Waals surface area contributed by atoms with Crippen molar-refractivity contribution in [1.82, 2.24) is 5.48 Å². The zero-order valence-electron chi connectivity index (χ0n) is 7.34. The Labute approximate surface area is 72.2 Å². The van der Waals surface area contributed by atoms with Gasteiger partial charge in [-0.2, -0.15) is 0 Å². The molecule has 0 aromatic heterocycles. The number of ether oxygens (including phenoxy) is 1. The van der Waals surface area contributed by atoms with Gasteiger partial charge in [0, 0.05) is 20.1 Å². The number of hydrogen-bond donors (Lipinski definition) is 1. The number of hydroxylamine groups is 1. The van der Waals surface area contributed by atoms with Gasteiger partial charge in [-0.25, -0.2) is 5.48 Å². The molecule has 1 fully saturated rings. The molecule has 1 aliphatic heterocycles. The van der Waals surface area contributed by atoms with Crippen LogP contribution >= 0.6 is 0 Å². The fourth-order valence-corrected chi connectivity index (χ4v) is 1.17. The van der Waals surface area contributed by atoms with Crippen molar-refractivity contribution in [3.05, 3.63) is 0 Å². The highest BCUT2D eigenvalue weighted by Crippen LogP contribution is 2.13. The zero-order chi connectivity index (χ0) is 8.81. The van der Waals surface area contributed by atoms with Gasteiger partial charge in [0.15, 0.2) is 0 Å². The van der Waals surface area contributed by atoms with Crippen LogP contribution in [-0.4, -0.2) is 25.7 Å². The van der Waals surface area contributed by atoms with E-state index in [0.717, 1.165) is 26.1 Å². The molecule has 1 heterocycles. The minimum absolute atomic E-state index is 0.151. The molecule has 0 aromatic carbocycles. The van der Waals surface area contributed by atoms with Gasteiger partial charge in [0.05, 0.1) is 6.61 Å². The maximum absolute atomic E-state index is 10.4. The molecule has 1 saturated heterocycles. The molecule has 0 bridgehead atoms. The smallest absolute Gasteiger partial charge is 0.240 e. The Morgan fingerprint density at radius 3 is 2.83 bits per heavy atom. The summed E-state index contributed by atoms with van der Waals surface area (Å²) < 4.78 is 5.18. The van der Waals surface area contributed by atoms with Gasteiger partial charge in [0.25, 0.3) is 0 Å². The Balaban J connectivity index is 2.01. The molecule has 0 aromatic rings. The van der Waals surface area contributed by atoms with Crippen LogP contribution in [0.1, 0.15) is 19.8 Å². The van der Waals surface area contributed by atoms with Crippen LogP contribution in [0.2, 0.25) is 0 Å².